The van der Waals surface area contributed by atoms with Crippen LogP contribution < -0.4 is 0 Å². The van der Waals surface area contributed by atoms with Crippen molar-refractivity contribution in [3.05, 3.63) is 76.5 Å². The van der Waals surface area contributed by atoms with Crippen molar-refractivity contribution in [1.29, 1.82) is 0 Å². The summed E-state index contributed by atoms with van der Waals surface area (Å²) in [5.74, 6) is 0.260. The number of para-hydroxylation sites is 1. The molecule has 2 aromatic carbocycles. The molecule has 138 valence electrons. The lowest BCUT2D eigenvalue weighted by Gasteiger charge is -2.20. The number of benzene rings is 2. The molecule has 4 rings (SSSR count). The second-order valence-corrected chi connectivity index (χ2v) is 7.61. The summed E-state index contributed by atoms with van der Waals surface area (Å²) in [6, 6.07) is 16.2. The number of carbonyl (C=O) groups excluding carboxylic acids is 1. The minimum Gasteiger partial charge on any atom is -0.457 e. The quantitative estimate of drug-likeness (QED) is 0.570. The number of hydrogen-bond donors (Lipinski definition) is 0. The van der Waals surface area contributed by atoms with Gasteiger partial charge in [0.05, 0.1) is 11.1 Å². The number of aryl methyl sites for hydroxylation is 1. The van der Waals surface area contributed by atoms with Gasteiger partial charge in [-0.05, 0) is 54.4 Å². The SMILES string of the molecule is CC(C)c1ccc(COC(=O)c2c3c(nc4ccccc24)CCCC3)cc1. The average molecular weight is 359 g/mol. The Morgan fingerprint density at radius 2 is 1.78 bits per heavy atom. The Hall–Kier alpha value is -2.68. The highest BCUT2D eigenvalue weighted by molar-refractivity contribution is 6.05. The summed E-state index contributed by atoms with van der Waals surface area (Å²) in [6.45, 7) is 4.64. The van der Waals surface area contributed by atoms with Crippen LogP contribution in [0.2, 0.25) is 0 Å². The van der Waals surface area contributed by atoms with Gasteiger partial charge in [-0.25, -0.2) is 4.79 Å². The van der Waals surface area contributed by atoms with E-state index in [0.717, 1.165) is 53.4 Å². The van der Waals surface area contributed by atoms with Crippen LogP contribution in [-0.2, 0) is 24.2 Å². The molecule has 0 saturated carbocycles. The van der Waals surface area contributed by atoms with Gasteiger partial charge in [-0.3, -0.25) is 4.98 Å². The molecule has 0 unspecified atom stereocenters. The van der Waals surface area contributed by atoms with Crippen molar-refractivity contribution in [3.63, 3.8) is 0 Å². The van der Waals surface area contributed by atoms with Gasteiger partial charge in [0.25, 0.3) is 0 Å². The van der Waals surface area contributed by atoms with Gasteiger partial charge in [0, 0.05) is 11.1 Å². The molecule has 0 atom stereocenters. The van der Waals surface area contributed by atoms with Crippen molar-refractivity contribution in [2.75, 3.05) is 0 Å². The van der Waals surface area contributed by atoms with E-state index in [9.17, 15) is 4.79 Å². The molecule has 0 bridgehead atoms. The summed E-state index contributed by atoms with van der Waals surface area (Å²) in [7, 11) is 0. The molecule has 3 aromatic rings. The van der Waals surface area contributed by atoms with Crippen LogP contribution in [0.5, 0.6) is 0 Å². The smallest absolute Gasteiger partial charge is 0.339 e. The van der Waals surface area contributed by atoms with Crippen molar-refractivity contribution in [2.45, 2.75) is 52.1 Å². The van der Waals surface area contributed by atoms with Gasteiger partial charge in [-0.1, -0.05) is 56.3 Å². The van der Waals surface area contributed by atoms with Crippen molar-refractivity contribution in [1.82, 2.24) is 4.98 Å². The Morgan fingerprint density at radius 3 is 2.56 bits per heavy atom. The number of nitrogens with zero attached hydrogens (tertiary/aromatic N) is 1. The Kier molecular flexibility index (Phi) is 4.93. The summed E-state index contributed by atoms with van der Waals surface area (Å²) in [6.07, 6.45) is 4.08. The fraction of sp³-hybridized carbons (Fsp3) is 0.333. The first-order valence-corrected chi connectivity index (χ1v) is 9.80. The maximum absolute atomic E-state index is 13.0. The van der Waals surface area contributed by atoms with Crippen LogP contribution in [0.25, 0.3) is 10.9 Å². The monoisotopic (exact) mass is 359 g/mol. The summed E-state index contributed by atoms with van der Waals surface area (Å²) >= 11 is 0. The number of ether oxygens (including phenoxy) is 1. The Labute approximate surface area is 160 Å². The topological polar surface area (TPSA) is 39.2 Å². The largest absolute Gasteiger partial charge is 0.457 e. The van der Waals surface area contributed by atoms with Crippen molar-refractivity contribution >= 4 is 16.9 Å². The van der Waals surface area contributed by atoms with E-state index < -0.39 is 0 Å². The van der Waals surface area contributed by atoms with Crippen molar-refractivity contribution < 1.29 is 9.53 Å². The molecular weight excluding hydrogens is 334 g/mol. The van der Waals surface area contributed by atoms with E-state index in [4.69, 9.17) is 9.72 Å². The molecule has 27 heavy (non-hydrogen) atoms. The summed E-state index contributed by atoms with van der Waals surface area (Å²) < 4.78 is 5.72. The number of aromatic nitrogens is 1. The number of esters is 1. The van der Waals surface area contributed by atoms with Crippen LogP contribution >= 0.6 is 0 Å². The Morgan fingerprint density at radius 1 is 1.04 bits per heavy atom. The van der Waals surface area contributed by atoms with Gasteiger partial charge in [0.1, 0.15) is 6.61 Å². The molecule has 1 aliphatic carbocycles. The number of carbonyl (C=O) groups is 1. The normalized spacial score (nSPS) is 13.6. The molecule has 0 N–H and O–H groups in total. The Bertz CT molecular complexity index is 974. The molecule has 3 nitrogen and oxygen atoms in total. The van der Waals surface area contributed by atoms with E-state index >= 15 is 0 Å². The minimum atomic E-state index is -0.236. The lowest BCUT2D eigenvalue weighted by molar-refractivity contribution is 0.0473. The van der Waals surface area contributed by atoms with E-state index in [1.807, 2.05) is 36.4 Å². The number of pyridine rings is 1. The van der Waals surface area contributed by atoms with Crippen molar-refractivity contribution in [3.8, 4) is 0 Å². The second-order valence-electron chi connectivity index (χ2n) is 7.61. The van der Waals surface area contributed by atoms with Crippen LogP contribution in [0.4, 0.5) is 0 Å². The lowest BCUT2D eigenvalue weighted by atomic mass is 9.90. The molecule has 0 amide bonds. The molecule has 0 spiro atoms. The zero-order chi connectivity index (χ0) is 18.8. The maximum Gasteiger partial charge on any atom is 0.339 e. The third-order valence-corrected chi connectivity index (χ3v) is 5.39. The summed E-state index contributed by atoms with van der Waals surface area (Å²) in [5, 5.41) is 0.901. The standard InChI is InChI=1S/C24H25NO2/c1-16(2)18-13-11-17(12-14-18)15-27-24(26)23-19-7-3-5-9-21(19)25-22-10-6-4-8-20(22)23/h3,5,7,9,11-14,16H,4,6,8,10,15H2,1-2H3. The predicted molar refractivity (Wildman–Crippen MR) is 108 cm³/mol. The molecule has 1 aromatic heterocycles. The fourth-order valence-corrected chi connectivity index (χ4v) is 3.83. The van der Waals surface area contributed by atoms with Crippen LogP contribution in [0.1, 0.15) is 65.3 Å². The van der Waals surface area contributed by atoms with Crippen LogP contribution in [0.15, 0.2) is 48.5 Å². The summed E-state index contributed by atoms with van der Waals surface area (Å²) in [4.78, 5) is 17.8. The highest BCUT2D eigenvalue weighted by Crippen LogP contribution is 2.30. The van der Waals surface area contributed by atoms with Gasteiger partial charge in [0.2, 0.25) is 0 Å². The van der Waals surface area contributed by atoms with E-state index in [2.05, 4.69) is 26.0 Å². The molecule has 1 heterocycles. The van der Waals surface area contributed by atoms with Crippen LogP contribution in [0.3, 0.4) is 0 Å². The first kappa shape index (κ1) is 17.7. The fourth-order valence-electron chi connectivity index (χ4n) is 3.83. The third-order valence-electron chi connectivity index (χ3n) is 5.39. The number of hydrogen-bond acceptors (Lipinski definition) is 3. The van der Waals surface area contributed by atoms with Gasteiger partial charge in [0.15, 0.2) is 0 Å². The van der Waals surface area contributed by atoms with E-state index in [0.29, 0.717) is 18.1 Å². The lowest BCUT2D eigenvalue weighted by Crippen LogP contribution is -2.15. The highest BCUT2D eigenvalue weighted by Gasteiger charge is 2.23. The van der Waals surface area contributed by atoms with E-state index in [1.165, 1.54) is 5.56 Å². The van der Waals surface area contributed by atoms with Crippen LogP contribution in [0, 0.1) is 0 Å². The molecule has 0 aliphatic heterocycles. The molecule has 0 fully saturated rings. The third kappa shape index (κ3) is 3.59. The summed E-state index contributed by atoms with van der Waals surface area (Å²) in [5.41, 5.74) is 6.05. The van der Waals surface area contributed by atoms with Crippen molar-refractivity contribution in [2.24, 2.45) is 0 Å². The van der Waals surface area contributed by atoms with Crippen LogP contribution in [-0.4, -0.2) is 11.0 Å². The van der Waals surface area contributed by atoms with Gasteiger partial charge in [-0.2, -0.15) is 0 Å². The zero-order valence-corrected chi connectivity index (χ0v) is 16.0. The molecule has 0 radical (unpaired) electrons. The molecule has 3 heteroatoms. The maximum atomic E-state index is 13.0. The van der Waals surface area contributed by atoms with E-state index in [1.54, 1.807) is 0 Å². The predicted octanol–water partition coefficient (Wildman–Crippen LogP) is 5.59. The van der Waals surface area contributed by atoms with Gasteiger partial charge < -0.3 is 4.74 Å². The molecular formula is C24H25NO2. The number of rotatable bonds is 4. The number of fused-ring (bicyclic) bond motifs is 2. The first-order valence-electron chi connectivity index (χ1n) is 9.80. The zero-order valence-electron chi connectivity index (χ0n) is 16.0. The van der Waals surface area contributed by atoms with E-state index in [-0.39, 0.29) is 5.97 Å². The highest BCUT2D eigenvalue weighted by atomic mass is 16.5. The van der Waals surface area contributed by atoms with Gasteiger partial charge >= 0.3 is 5.97 Å². The average Bonchev–Trinajstić information content (AvgIpc) is 2.70. The second kappa shape index (κ2) is 7.51. The minimum absolute atomic E-state index is 0.236. The molecule has 1 aliphatic rings. The molecule has 0 saturated heterocycles. The first-order chi connectivity index (χ1) is 13.1. The van der Waals surface area contributed by atoms with Gasteiger partial charge in [-0.15, -0.1) is 0 Å². The Balaban J connectivity index is 1.62.